The molecule has 1 N–H and O–H groups in total. The van der Waals surface area contributed by atoms with Crippen molar-refractivity contribution in [3.05, 3.63) is 29.8 Å². The van der Waals surface area contributed by atoms with E-state index < -0.39 is 0 Å². The lowest BCUT2D eigenvalue weighted by Crippen LogP contribution is -2.30. The number of nitrogens with one attached hydrogen (secondary N) is 1. The van der Waals surface area contributed by atoms with Crippen molar-refractivity contribution in [2.24, 2.45) is 5.41 Å². The average Bonchev–Trinajstić information content (AvgIpc) is 2.68. The van der Waals surface area contributed by atoms with Crippen molar-refractivity contribution in [2.45, 2.75) is 52.1 Å². The van der Waals surface area contributed by atoms with Gasteiger partial charge in [-0.25, -0.2) is 0 Å². The Balaban J connectivity index is 1.94. The number of hydrogen-bond acceptors (Lipinski definition) is 2. The second-order valence-corrected chi connectivity index (χ2v) is 6.98. The Morgan fingerprint density at radius 3 is 2.32 bits per heavy atom. The van der Waals surface area contributed by atoms with Crippen LogP contribution in [0.2, 0.25) is 0 Å². The molecule has 0 bridgehead atoms. The lowest BCUT2D eigenvalue weighted by atomic mass is 9.91. The molecule has 19 heavy (non-hydrogen) atoms. The summed E-state index contributed by atoms with van der Waals surface area (Å²) in [5, 5.41) is 3.79. The molecular formula is C17H28N2. The van der Waals surface area contributed by atoms with Gasteiger partial charge in [-0.3, -0.25) is 0 Å². The highest BCUT2D eigenvalue weighted by Crippen LogP contribution is 2.37. The third-order valence-corrected chi connectivity index (χ3v) is 4.36. The summed E-state index contributed by atoms with van der Waals surface area (Å²) in [6, 6.07) is 10.0. The van der Waals surface area contributed by atoms with Gasteiger partial charge in [0.15, 0.2) is 0 Å². The van der Waals surface area contributed by atoms with Crippen LogP contribution in [0.4, 0.5) is 5.69 Å². The van der Waals surface area contributed by atoms with E-state index in [-0.39, 0.29) is 0 Å². The molecule has 0 radical (unpaired) electrons. The molecule has 0 amide bonds. The fraction of sp³-hybridized carbons (Fsp3) is 0.647. The number of hydrogen-bond donors (Lipinski definition) is 1. The fourth-order valence-corrected chi connectivity index (χ4v) is 3.09. The summed E-state index contributed by atoms with van der Waals surface area (Å²) in [5.74, 6) is 0. The van der Waals surface area contributed by atoms with Crippen molar-refractivity contribution < 1.29 is 0 Å². The largest absolute Gasteiger partial charge is 0.378 e. The third-order valence-electron chi connectivity index (χ3n) is 4.36. The third kappa shape index (κ3) is 3.73. The topological polar surface area (TPSA) is 15.3 Å². The molecule has 106 valence electrons. The molecule has 2 heteroatoms. The Morgan fingerprint density at radius 2 is 1.84 bits per heavy atom. The molecule has 1 saturated carbocycles. The number of benzene rings is 1. The summed E-state index contributed by atoms with van der Waals surface area (Å²) in [4.78, 5) is 2.14. The molecule has 1 aromatic carbocycles. The van der Waals surface area contributed by atoms with E-state index in [1.54, 1.807) is 0 Å². The highest BCUT2D eigenvalue weighted by atomic mass is 15.1. The molecule has 0 saturated heterocycles. The van der Waals surface area contributed by atoms with Crippen LogP contribution in [0.3, 0.4) is 0 Å². The summed E-state index contributed by atoms with van der Waals surface area (Å²) in [7, 11) is 4.16. The Labute approximate surface area is 118 Å². The molecule has 0 spiro atoms. The van der Waals surface area contributed by atoms with Crippen molar-refractivity contribution in [3.8, 4) is 0 Å². The lowest BCUT2D eigenvalue weighted by molar-refractivity contribution is 0.356. The minimum atomic E-state index is 0.440. The number of anilines is 1. The van der Waals surface area contributed by atoms with Gasteiger partial charge in [0.2, 0.25) is 0 Å². The zero-order valence-electron chi connectivity index (χ0n) is 13.0. The van der Waals surface area contributed by atoms with E-state index in [1.807, 2.05) is 0 Å². The van der Waals surface area contributed by atoms with E-state index in [4.69, 9.17) is 0 Å². The molecule has 1 fully saturated rings. The maximum Gasteiger partial charge on any atom is 0.0361 e. The molecule has 2 unspecified atom stereocenters. The molecule has 0 aromatic heterocycles. The summed E-state index contributed by atoms with van der Waals surface area (Å²) in [6.45, 7) is 7.03. The van der Waals surface area contributed by atoms with Crippen LogP contribution in [0.5, 0.6) is 0 Å². The van der Waals surface area contributed by atoms with Crippen molar-refractivity contribution in [1.82, 2.24) is 5.32 Å². The van der Waals surface area contributed by atoms with Gasteiger partial charge >= 0.3 is 0 Å². The molecular weight excluding hydrogens is 232 g/mol. The minimum Gasteiger partial charge on any atom is -0.378 e. The molecule has 1 aliphatic carbocycles. The van der Waals surface area contributed by atoms with Gasteiger partial charge in [-0.15, -0.1) is 0 Å². The van der Waals surface area contributed by atoms with E-state index in [2.05, 4.69) is 69.3 Å². The first-order valence-corrected chi connectivity index (χ1v) is 7.41. The van der Waals surface area contributed by atoms with Gasteiger partial charge in [0, 0.05) is 31.9 Å². The standard InChI is InChI=1S/C17H28N2/c1-13(18-15-10-11-17(2,3)12-15)14-6-8-16(9-7-14)19(4)5/h6-9,13,15,18H,10-12H2,1-5H3. The van der Waals surface area contributed by atoms with Crippen LogP contribution in [-0.4, -0.2) is 20.1 Å². The Morgan fingerprint density at radius 1 is 1.21 bits per heavy atom. The van der Waals surface area contributed by atoms with Gasteiger partial charge in [-0.2, -0.15) is 0 Å². The molecule has 2 rings (SSSR count). The van der Waals surface area contributed by atoms with Crippen LogP contribution >= 0.6 is 0 Å². The highest BCUT2D eigenvalue weighted by Gasteiger charge is 2.31. The maximum atomic E-state index is 3.79. The second-order valence-electron chi connectivity index (χ2n) is 6.98. The van der Waals surface area contributed by atoms with Gasteiger partial charge in [-0.05, 0) is 49.3 Å². The Hall–Kier alpha value is -1.02. The second kappa shape index (κ2) is 5.54. The van der Waals surface area contributed by atoms with Crippen LogP contribution in [0.15, 0.2) is 24.3 Å². The smallest absolute Gasteiger partial charge is 0.0361 e. The maximum absolute atomic E-state index is 3.79. The van der Waals surface area contributed by atoms with Gasteiger partial charge in [0.25, 0.3) is 0 Å². The molecule has 0 aliphatic heterocycles. The molecule has 1 aromatic rings. The molecule has 1 aliphatic rings. The quantitative estimate of drug-likeness (QED) is 0.881. The summed E-state index contributed by atoms with van der Waals surface area (Å²) < 4.78 is 0. The van der Waals surface area contributed by atoms with Crippen LogP contribution in [0, 0.1) is 5.41 Å². The van der Waals surface area contributed by atoms with Gasteiger partial charge in [0.05, 0.1) is 0 Å². The zero-order valence-corrected chi connectivity index (χ0v) is 13.0. The predicted molar refractivity (Wildman–Crippen MR) is 83.7 cm³/mol. The summed E-state index contributed by atoms with van der Waals surface area (Å²) in [6.07, 6.45) is 3.96. The first kappa shape index (κ1) is 14.4. The van der Waals surface area contributed by atoms with Gasteiger partial charge in [-0.1, -0.05) is 26.0 Å². The first-order chi connectivity index (χ1) is 8.87. The summed E-state index contributed by atoms with van der Waals surface area (Å²) >= 11 is 0. The number of rotatable bonds is 4. The average molecular weight is 260 g/mol. The summed E-state index contributed by atoms with van der Waals surface area (Å²) in [5.41, 5.74) is 3.17. The van der Waals surface area contributed by atoms with E-state index in [9.17, 15) is 0 Å². The SMILES string of the molecule is CC(NC1CCC(C)(C)C1)c1ccc(N(C)C)cc1. The lowest BCUT2D eigenvalue weighted by Gasteiger charge is -2.22. The van der Waals surface area contributed by atoms with E-state index in [1.165, 1.54) is 30.5 Å². The Kier molecular flexibility index (Phi) is 4.19. The van der Waals surface area contributed by atoms with Crippen LogP contribution in [-0.2, 0) is 0 Å². The van der Waals surface area contributed by atoms with Crippen LogP contribution < -0.4 is 10.2 Å². The highest BCUT2D eigenvalue weighted by molar-refractivity contribution is 5.46. The first-order valence-electron chi connectivity index (χ1n) is 7.41. The Bertz CT molecular complexity index is 406. The fourth-order valence-electron chi connectivity index (χ4n) is 3.09. The van der Waals surface area contributed by atoms with Gasteiger partial charge < -0.3 is 10.2 Å². The van der Waals surface area contributed by atoms with Crippen LogP contribution in [0.1, 0.15) is 51.6 Å². The monoisotopic (exact) mass is 260 g/mol. The minimum absolute atomic E-state index is 0.440. The molecule has 2 nitrogen and oxygen atoms in total. The van der Waals surface area contributed by atoms with Crippen LogP contribution in [0.25, 0.3) is 0 Å². The van der Waals surface area contributed by atoms with Crippen molar-refractivity contribution >= 4 is 5.69 Å². The van der Waals surface area contributed by atoms with Gasteiger partial charge in [0.1, 0.15) is 0 Å². The zero-order chi connectivity index (χ0) is 14.0. The molecule has 2 atom stereocenters. The van der Waals surface area contributed by atoms with E-state index >= 15 is 0 Å². The molecule has 0 heterocycles. The van der Waals surface area contributed by atoms with E-state index in [0.29, 0.717) is 17.5 Å². The predicted octanol–water partition coefficient (Wildman–Crippen LogP) is 3.98. The van der Waals surface area contributed by atoms with Crippen molar-refractivity contribution in [1.29, 1.82) is 0 Å². The number of nitrogens with zero attached hydrogens (tertiary/aromatic N) is 1. The van der Waals surface area contributed by atoms with Crippen molar-refractivity contribution in [3.63, 3.8) is 0 Å². The van der Waals surface area contributed by atoms with E-state index in [0.717, 1.165) is 0 Å². The normalized spacial score (nSPS) is 23.3. The van der Waals surface area contributed by atoms with Crippen molar-refractivity contribution in [2.75, 3.05) is 19.0 Å².